The quantitative estimate of drug-likeness (QED) is 0.789. The maximum Gasteiger partial charge on any atom is 0.202 e. The topological polar surface area (TPSA) is 47.0 Å². The van der Waals surface area contributed by atoms with Gasteiger partial charge in [0.25, 0.3) is 0 Å². The van der Waals surface area contributed by atoms with Crippen molar-refractivity contribution in [2.24, 2.45) is 0 Å². The first-order valence-corrected chi connectivity index (χ1v) is 5.59. The van der Waals surface area contributed by atoms with Gasteiger partial charge in [-0.1, -0.05) is 13.3 Å². The number of nitrogens with one attached hydrogen (secondary N) is 1. The Hall–Kier alpha value is -0.680. The lowest BCUT2D eigenvalue weighted by Gasteiger charge is -2.15. The van der Waals surface area contributed by atoms with Crippen LogP contribution in [0.3, 0.4) is 0 Å². The minimum atomic E-state index is 0.345. The molecule has 1 unspecified atom stereocenters. The molecule has 4 nitrogen and oxygen atoms in total. The molecule has 0 aliphatic carbocycles. The lowest BCUT2D eigenvalue weighted by atomic mass is 10.2. The summed E-state index contributed by atoms with van der Waals surface area (Å²) in [5.41, 5.74) is 0. The van der Waals surface area contributed by atoms with Gasteiger partial charge in [0.1, 0.15) is 5.82 Å². The van der Waals surface area contributed by atoms with Crippen LogP contribution in [0.1, 0.15) is 25.6 Å². The van der Waals surface area contributed by atoms with E-state index in [0.717, 1.165) is 23.8 Å². The van der Waals surface area contributed by atoms with Crippen LogP contribution in [-0.2, 0) is 4.74 Å². The minimum Gasteiger partial charge on any atom is -0.383 e. The molecule has 0 spiro atoms. The summed E-state index contributed by atoms with van der Waals surface area (Å²) in [4.78, 5) is 4.26. The number of nitrogens with zero attached hydrogens (tertiary/aromatic N) is 2. The monoisotopic (exact) mass is 215 g/mol. The second-order valence-corrected chi connectivity index (χ2v) is 3.98. The van der Waals surface area contributed by atoms with Gasteiger partial charge in [-0.3, -0.25) is 0 Å². The number of ether oxygens (including phenoxy) is 1. The molecular formula is C9H17N3OS. The standard InChI is InChI=1S/C9H17N3OS/c1-4-5-8(6-13-3)11-9-10-7(2)12-14-9/h8H,4-6H2,1-3H3,(H,10,11,12). The third-order valence-electron chi connectivity index (χ3n) is 1.86. The predicted octanol–water partition coefficient (Wildman–Crippen LogP) is 2.07. The summed E-state index contributed by atoms with van der Waals surface area (Å²) in [5, 5.41) is 4.21. The van der Waals surface area contributed by atoms with Crippen molar-refractivity contribution in [3.8, 4) is 0 Å². The molecule has 1 N–H and O–H groups in total. The van der Waals surface area contributed by atoms with Crippen molar-refractivity contribution in [1.82, 2.24) is 9.36 Å². The van der Waals surface area contributed by atoms with Crippen LogP contribution in [0, 0.1) is 6.92 Å². The Morgan fingerprint density at radius 3 is 2.86 bits per heavy atom. The molecule has 0 saturated carbocycles. The van der Waals surface area contributed by atoms with Crippen LogP contribution in [0.5, 0.6) is 0 Å². The molecule has 5 heteroatoms. The van der Waals surface area contributed by atoms with Gasteiger partial charge in [-0.25, -0.2) is 4.98 Å². The molecule has 1 atom stereocenters. The average Bonchev–Trinajstić information content (AvgIpc) is 2.52. The van der Waals surface area contributed by atoms with Crippen molar-refractivity contribution < 1.29 is 4.74 Å². The summed E-state index contributed by atoms with van der Waals surface area (Å²) in [6, 6.07) is 0.345. The maximum atomic E-state index is 5.13. The van der Waals surface area contributed by atoms with Gasteiger partial charge in [-0.15, -0.1) is 0 Å². The van der Waals surface area contributed by atoms with E-state index < -0.39 is 0 Å². The van der Waals surface area contributed by atoms with Gasteiger partial charge in [0, 0.05) is 18.6 Å². The van der Waals surface area contributed by atoms with Crippen LogP contribution >= 0.6 is 11.5 Å². The van der Waals surface area contributed by atoms with Crippen LogP contribution in [0.15, 0.2) is 0 Å². The van der Waals surface area contributed by atoms with Gasteiger partial charge < -0.3 is 10.1 Å². The van der Waals surface area contributed by atoms with Crippen molar-refractivity contribution in [3.05, 3.63) is 5.82 Å². The van der Waals surface area contributed by atoms with Gasteiger partial charge in [0.05, 0.1) is 12.6 Å². The van der Waals surface area contributed by atoms with Crippen LogP contribution in [0.4, 0.5) is 5.13 Å². The Morgan fingerprint density at radius 2 is 2.36 bits per heavy atom. The number of aromatic nitrogens is 2. The molecule has 80 valence electrons. The summed E-state index contributed by atoms with van der Waals surface area (Å²) < 4.78 is 9.25. The van der Waals surface area contributed by atoms with Gasteiger partial charge in [-0.2, -0.15) is 4.37 Å². The smallest absolute Gasteiger partial charge is 0.202 e. The van der Waals surface area contributed by atoms with E-state index in [1.54, 1.807) is 7.11 Å². The Labute approximate surface area is 88.9 Å². The molecule has 0 aliphatic rings. The average molecular weight is 215 g/mol. The number of hydrogen-bond donors (Lipinski definition) is 1. The van der Waals surface area contributed by atoms with Crippen molar-refractivity contribution in [3.63, 3.8) is 0 Å². The first-order valence-electron chi connectivity index (χ1n) is 4.82. The molecule has 0 bridgehead atoms. The largest absolute Gasteiger partial charge is 0.383 e. The summed E-state index contributed by atoms with van der Waals surface area (Å²) in [7, 11) is 1.72. The Morgan fingerprint density at radius 1 is 1.57 bits per heavy atom. The van der Waals surface area contributed by atoms with E-state index in [0.29, 0.717) is 12.6 Å². The normalized spacial score (nSPS) is 12.8. The molecule has 1 aromatic heterocycles. The van der Waals surface area contributed by atoms with Gasteiger partial charge in [-0.05, 0) is 13.3 Å². The molecule has 1 aromatic rings. The highest BCUT2D eigenvalue weighted by atomic mass is 32.1. The van der Waals surface area contributed by atoms with Crippen molar-refractivity contribution in [2.45, 2.75) is 32.7 Å². The molecule has 0 aromatic carbocycles. The van der Waals surface area contributed by atoms with E-state index >= 15 is 0 Å². The first-order chi connectivity index (χ1) is 6.76. The highest BCUT2D eigenvalue weighted by Gasteiger charge is 2.09. The van der Waals surface area contributed by atoms with Gasteiger partial charge in [0.2, 0.25) is 5.13 Å². The molecule has 0 aliphatic heterocycles. The van der Waals surface area contributed by atoms with Gasteiger partial charge >= 0.3 is 0 Å². The number of hydrogen-bond acceptors (Lipinski definition) is 5. The fourth-order valence-corrected chi connectivity index (χ4v) is 1.93. The van der Waals surface area contributed by atoms with E-state index in [2.05, 4.69) is 21.6 Å². The second-order valence-electron chi connectivity index (χ2n) is 3.23. The Bertz CT molecular complexity index is 258. The van der Waals surface area contributed by atoms with Crippen LogP contribution in [0.2, 0.25) is 0 Å². The number of aryl methyl sites for hydroxylation is 1. The van der Waals surface area contributed by atoms with Gasteiger partial charge in [0.15, 0.2) is 0 Å². The van der Waals surface area contributed by atoms with Crippen molar-refractivity contribution in [2.75, 3.05) is 19.0 Å². The number of methoxy groups -OCH3 is 1. The highest BCUT2D eigenvalue weighted by molar-refractivity contribution is 7.09. The third-order valence-corrected chi connectivity index (χ3v) is 2.60. The lowest BCUT2D eigenvalue weighted by molar-refractivity contribution is 0.182. The Kier molecular flexibility index (Phi) is 4.82. The van der Waals surface area contributed by atoms with Crippen LogP contribution < -0.4 is 5.32 Å². The third kappa shape index (κ3) is 3.59. The SMILES string of the molecule is CCCC(COC)Nc1nc(C)ns1. The molecule has 0 amide bonds. The Balaban J connectivity index is 2.46. The maximum absolute atomic E-state index is 5.13. The molecular weight excluding hydrogens is 198 g/mol. The zero-order valence-electron chi connectivity index (χ0n) is 8.91. The first kappa shape index (κ1) is 11.4. The van der Waals surface area contributed by atoms with Crippen molar-refractivity contribution in [1.29, 1.82) is 0 Å². The molecule has 14 heavy (non-hydrogen) atoms. The summed E-state index contributed by atoms with van der Waals surface area (Å²) in [6.45, 7) is 4.77. The van der Waals surface area contributed by atoms with E-state index in [4.69, 9.17) is 4.74 Å². The number of anilines is 1. The van der Waals surface area contributed by atoms with Crippen LogP contribution in [0.25, 0.3) is 0 Å². The zero-order chi connectivity index (χ0) is 10.4. The second kappa shape index (κ2) is 5.93. The summed E-state index contributed by atoms with van der Waals surface area (Å²) in [6.07, 6.45) is 2.23. The van der Waals surface area contributed by atoms with Crippen molar-refractivity contribution >= 4 is 16.7 Å². The predicted molar refractivity (Wildman–Crippen MR) is 58.8 cm³/mol. The molecule has 0 fully saturated rings. The lowest BCUT2D eigenvalue weighted by Crippen LogP contribution is -2.24. The zero-order valence-corrected chi connectivity index (χ0v) is 9.73. The molecule has 1 heterocycles. The fourth-order valence-electron chi connectivity index (χ4n) is 1.28. The fraction of sp³-hybridized carbons (Fsp3) is 0.778. The minimum absolute atomic E-state index is 0.345. The highest BCUT2D eigenvalue weighted by Crippen LogP contribution is 2.13. The van der Waals surface area contributed by atoms with Crippen LogP contribution in [-0.4, -0.2) is 29.1 Å². The summed E-state index contributed by atoms with van der Waals surface area (Å²) >= 11 is 1.40. The molecule has 0 radical (unpaired) electrons. The molecule has 0 saturated heterocycles. The van der Waals surface area contributed by atoms with E-state index in [1.165, 1.54) is 11.5 Å². The summed E-state index contributed by atoms with van der Waals surface area (Å²) in [5.74, 6) is 0.824. The van der Waals surface area contributed by atoms with E-state index in [-0.39, 0.29) is 0 Å². The molecule has 1 rings (SSSR count). The number of rotatable bonds is 6. The van der Waals surface area contributed by atoms with E-state index in [9.17, 15) is 0 Å². The van der Waals surface area contributed by atoms with E-state index in [1.807, 2.05) is 6.92 Å².